The topological polar surface area (TPSA) is 140 Å². The van der Waals surface area contributed by atoms with Crippen LogP contribution >= 0.6 is 34.3 Å². The van der Waals surface area contributed by atoms with Gasteiger partial charge in [-0.2, -0.15) is 4.98 Å². The maximum absolute atomic E-state index is 12.4. The standard InChI is InChI=1S/C16H16N4O2S.C11H12ClN3S.C7H8O.Na.H/c1-10(2)13-15(21)19-14(12-7-18-9-23-12)20-16(13)22-8-11-4-3-5-17-6-11;1-6(2)9-7(3)14-11(15-10(9)12)8-4-13-5-16-8;8-6-7-4-2-1-3-5-7;;/h3-7,9-10H,8H2,1-2H3,(H,19,20,21);4-6H,1-3H3;1-5,8H,6H2;;/q;;;+1;-1. The third kappa shape index (κ3) is 11.1. The summed E-state index contributed by atoms with van der Waals surface area (Å²) in [7, 11) is 0. The number of aromatic nitrogens is 7. The van der Waals surface area contributed by atoms with Crippen LogP contribution in [0.2, 0.25) is 5.15 Å². The molecule has 48 heavy (non-hydrogen) atoms. The van der Waals surface area contributed by atoms with Crippen molar-refractivity contribution in [1.29, 1.82) is 0 Å². The molecule has 0 atom stereocenters. The molecule has 5 heterocycles. The van der Waals surface area contributed by atoms with Crippen molar-refractivity contribution >= 4 is 34.3 Å². The molecule has 0 aliphatic rings. The van der Waals surface area contributed by atoms with Crippen molar-refractivity contribution in [3.8, 4) is 27.3 Å². The normalized spacial score (nSPS) is 10.4. The molecule has 0 radical (unpaired) electrons. The molecule has 6 rings (SSSR count). The number of nitrogens with zero attached hydrogens (tertiary/aromatic N) is 6. The van der Waals surface area contributed by atoms with Crippen LogP contribution in [0, 0.1) is 6.92 Å². The largest absolute Gasteiger partial charge is 1.00 e. The summed E-state index contributed by atoms with van der Waals surface area (Å²) in [5.41, 5.74) is 7.67. The maximum atomic E-state index is 12.4. The zero-order valence-electron chi connectivity index (χ0n) is 28.7. The number of nitrogens with one attached hydrogen (secondary N) is 1. The summed E-state index contributed by atoms with van der Waals surface area (Å²) in [6, 6.07) is 13.3. The molecule has 0 bridgehead atoms. The number of thiazole rings is 2. The Morgan fingerprint density at radius 2 is 1.50 bits per heavy atom. The van der Waals surface area contributed by atoms with Crippen LogP contribution in [0.15, 0.2) is 83.1 Å². The van der Waals surface area contributed by atoms with Crippen LogP contribution in [-0.2, 0) is 13.2 Å². The minimum atomic E-state index is -0.181. The molecule has 14 heteroatoms. The number of hydrogen-bond donors (Lipinski definition) is 2. The van der Waals surface area contributed by atoms with Gasteiger partial charge in [0.05, 0.1) is 32.9 Å². The first-order valence-electron chi connectivity index (χ1n) is 14.8. The molecular weight excluding hydrogens is 677 g/mol. The van der Waals surface area contributed by atoms with Crippen molar-refractivity contribution < 1.29 is 40.8 Å². The van der Waals surface area contributed by atoms with Crippen LogP contribution in [-0.4, -0.2) is 40.0 Å². The number of pyridine rings is 1. The van der Waals surface area contributed by atoms with Gasteiger partial charge >= 0.3 is 29.6 Å². The Morgan fingerprint density at radius 3 is 2.02 bits per heavy atom. The summed E-state index contributed by atoms with van der Waals surface area (Å²) in [6.07, 6.45) is 6.86. The second-order valence-corrected chi connectivity index (χ2v) is 12.9. The molecule has 6 aromatic rings. The molecular formula is C34H37ClN7NaO3S2. The maximum Gasteiger partial charge on any atom is 1.00 e. The van der Waals surface area contributed by atoms with E-state index in [4.69, 9.17) is 21.4 Å². The van der Waals surface area contributed by atoms with Crippen LogP contribution in [0.25, 0.3) is 21.4 Å². The van der Waals surface area contributed by atoms with Crippen molar-refractivity contribution in [2.45, 2.75) is 59.7 Å². The molecule has 0 saturated carbocycles. The quantitative estimate of drug-likeness (QED) is 0.165. The number of aromatic amines is 1. The van der Waals surface area contributed by atoms with Gasteiger partial charge in [-0.1, -0.05) is 75.7 Å². The van der Waals surface area contributed by atoms with Gasteiger partial charge in [0.1, 0.15) is 11.8 Å². The molecule has 0 aliphatic heterocycles. The summed E-state index contributed by atoms with van der Waals surface area (Å²) in [4.78, 5) is 42.3. The first-order valence-corrected chi connectivity index (χ1v) is 16.9. The number of hydrogen-bond acceptors (Lipinski definition) is 11. The summed E-state index contributed by atoms with van der Waals surface area (Å²) >= 11 is 9.11. The minimum absolute atomic E-state index is 0. The fourth-order valence-corrected chi connectivity index (χ4v) is 5.94. The molecule has 1 aromatic carbocycles. The number of H-pyrrole nitrogens is 1. The number of ether oxygens (including phenoxy) is 1. The Hall–Kier alpha value is -3.36. The first kappa shape index (κ1) is 39.1. The Labute approximate surface area is 316 Å². The van der Waals surface area contributed by atoms with Crippen LogP contribution in [0.1, 0.15) is 68.9 Å². The molecule has 10 nitrogen and oxygen atoms in total. The Bertz CT molecular complexity index is 1860. The van der Waals surface area contributed by atoms with Crippen LogP contribution in [0.4, 0.5) is 0 Å². The molecule has 0 fully saturated rings. The fraction of sp³-hybridized carbons (Fsp3) is 0.265. The molecule has 2 N–H and O–H groups in total. The predicted octanol–water partition coefficient (Wildman–Crippen LogP) is 4.97. The summed E-state index contributed by atoms with van der Waals surface area (Å²) in [5.74, 6) is 1.84. The minimum Gasteiger partial charge on any atom is -1.00 e. The molecule has 5 aromatic heterocycles. The SMILES string of the molecule is CC(C)c1c(OCc2cccnc2)nc(-c2cncs2)[nH]c1=O.Cc1nc(-c2cncs2)nc(Cl)c1C(C)C.OCc1ccccc1.[H-].[Na+]. The molecule has 0 spiro atoms. The van der Waals surface area contributed by atoms with E-state index in [-0.39, 0.29) is 49.1 Å². The van der Waals surface area contributed by atoms with Gasteiger partial charge in [-0.3, -0.25) is 19.7 Å². The van der Waals surface area contributed by atoms with Gasteiger partial charge in [0.2, 0.25) is 5.88 Å². The van der Waals surface area contributed by atoms with E-state index in [1.165, 1.54) is 22.7 Å². The van der Waals surface area contributed by atoms with Crippen LogP contribution in [0.5, 0.6) is 5.88 Å². The van der Waals surface area contributed by atoms with Gasteiger partial charge in [-0.15, -0.1) is 22.7 Å². The van der Waals surface area contributed by atoms with Gasteiger partial charge in [0.15, 0.2) is 11.6 Å². The van der Waals surface area contributed by atoms with Gasteiger partial charge in [-0.25, -0.2) is 9.97 Å². The number of benzene rings is 1. The number of halogens is 1. The van der Waals surface area contributed by atoms with Crippen molar-refractivity contribution in [3.63, 3.8) is 0 Å². The predicted molar refractivity (Wildman–Crippen MR) is 189 cm³/mol. The molecule has 0 unspecified atom stereocenters. The summed E-state index contributed by atoms with van der Waals surface area (Å²) in [6.45, 7) is 10.5. The van der Waals surface area contributed by atoms with Crippen LogP contribution in [0.3, 0.4) is 0 Å². The van der Waals surface area contributed by atoms with E-state index in [0.29, 0.717) is 40.8 Å². The van der Waals surface area contributed by atoms with Gasteiger partial charge < -0.3 is 16.3 Å². The Kier molecular flexibility index (Phi) is 16.0. The second-order valence-electron chi connectivity index (χ2n) is 10.8. The van der Waals surface area contributed by atoms with Crippen molar-refractivity contribution in [1.82, 2.24) is 34.9 Å². The van der Waals surface area contributed by atoms with Crippen LogP contribution < -0.4 is 39.9 Å². The van der Waals surface area contributed by atoms with Crippen molar-refractivity contribution in [2.24, 2.45) is 0 Å². The van der Waals surface area contributed by atoms with E-state index in [1.807, 2.05) is 63.2 Å². The average Bonchev–Trinajstić information content (AvgIpc) is 3.80. The number of aliphatic hydroxyl groups is 1. The Morgan fingerprint density at radius 1 is 0.854 bits per heavy atom. The monoisotopic (exact) mass is 713 g/mol. The zero-order chi connectivity index (χ0) is 33.8. The first-order chi connectivity index (χ1) is 22.7. The van der Waals surface area contributed by atoms with E-state index in [2.05, 4.69) is 48.7 Å². The third-order valence-electron chi connectivity index (χ3n) is 6.61. The zero-order valence-corrected chi connectivity index (χ0v) is 32.1. The average molecular weight is 714 g/mol. The molecule has 0 amide bonds. The summed E-state index contributed by atoms with van der Waals surface area (Å²) < 4.78 is 5.82. The van der Waals surface area contributed by atoms with E-state index < -0.39 is 0 Å². The Balaban J connectivity index is 0.000000279. The van der Waals surface area contributed by atoms with E-state index in [1.54, 1.807) is 35.8 Å². The third-order valence-corrected chi connectivity index (χ3v) is 8.44. The fourth-order valence-electron chi connectivity index (χ4n) is 4.39. The van der Waals surface area contributed by atoms with E-state index in [9.17, 15) is 4.79 Å². The second kappa shape index (κ2) is 19.6. The smallest absolute Gasteiger partial charge is 1.00 e. The number of rotatable bonds is 8. The number of aryl methyl sites for hydroxylation is 1. The summed E-state index contributed by atoms with van der Waals surface area (Å²) in [5, 5.41) is 9.08. The van der Waals surface area contributed by atoms with Crippen molar-refractivity contribution in [2.75, 3.05) is 0 Å². The van der Waals surface area contributed by atoms with Gasteiger partial charge in [0, 0.05) is 41.6 Å². The molecule has 0 saturated heterocycles. The van der Waals surface area contributed by atoms with E-state index >= 15 is 0 Å². The number of aliphatic hydroxyl groups excluding tert-OH is 1. The van der Waals surface area contributed by atoms with E-state index in [0.717, 1.165) is 32.1 Å². The van der Waals surface area contributed by atoms with Gasteiger partial charge in [-0.05, 0) is 30.4 Å². The molecule has 246 valence electrons. The van der Waals surface area contributed by atoms with Gasteiger partial charge in [0.25, 0.3) is 5.56 Å². The van der Waals surface area contributed by atoms with Crippen molar-refractivity contribution in [3.05, 3.63) is 122 Å². The molecule has 0 aliphatic carbocycles.